The largest absolute Gasteiger partial charge is 0.653 e. The average molecular weight is 182 g/mol. The lowest BCUT2D eigenvalue weighted by Crippen LogP contribution is -2.38. The van der Waals surface area contributed by atoms with Crippen LogP contribution in [0.1, 0.15) is 12.8 Å². The molecule has 1 aliphatic heterocycles. The van der Waals surface area contributed by atoms with Crippen LogP contribution in [0, 0.1) is 0 Å². The lowest BCUT2D eigenvalue weighted by Gasteiger charge is -2.34. The van der Waals surface area contributed by atoms with Gasteiger partial charge in [-0.1, -0.05) is 0 Å². The molecule has 2 unspecified atom stereocenters. The first-order valence-electron chi connectivity index (χ1n) is 3.83. The normalized spacial score (nSPS) is 27.5. The van der Waals surface area contributed by atoms with Crippen LogP contribution < -0.4 is 0 Å². The van der Waals surface area contributed by atoms with Crippen molar-refractivity contribution in [2.45, 2.75) is 31.2 Å². The summed E-state index contributed by atoms with van der Waals surface area (Å²) in [5, 5.41) is 3.29. The molecule has 0 aliphatic carbocycles. The van der Waals surface area contributed by atoms with Crippen LogP contribution >= 0.6 is 0 Å². The molecule has 1 fully saturated rings. The SMILES string of the molecule is C[N-]C(C1CCCO1)C(F)(F)F. The van der Waals surface area contributed by atoms with Crippen LogP contribution in [0.3, 0.4) is 0 Å². The Balaban J connectivity index is 2.54. The fourth-order valence-corrected chi connectivity index (χ4v) is 1.38. The molecule has 0 amide bonds. The Morgan fingerprint density at radius 1 is 1.50 bits per heavy atom. The summed E-state index contributed by atoms with van der Waals surface area (Å²) in [5.41, 5.74) is 0. The second kappa shape index (κ2) is 3.62. The van der Waals surface area contributed by atoms with Crippen LogP contribution in [0.25, 0.3) is 5.32 Å². The smallest absolute Gasteiger partial charge is 0.376 e. The molecule has 0 saturated carbocycles. The molecule has 1 saturated heterocycles. The molecule has 0 bridgehead atoms. The quantitative estimate of drug-likeness (QED) is 0.641. The number of likely N-dealkylation sites (N-methyl/N-ethyl adjacent to an activating group) is 1. The molecule has 72 valence electrons. The Bertz CT molecular complexity index is 142. The second-order valence-electron chi connectivity index (χ2n) is 2.80. The molecule has 0 aromatic rings. The summed E-state index contributed by atoms with van der Waals surface area (Å²) in [5.74, 6) is 0. The lowest BCUT2D eigenvalue weighted by molar-refractivity contribution is -0.161. The molecule has 2 nitrogen and oxygen atoms in total. The maximum absolute atomic E-state index is 12.2. The minimum absolute atomic E-state index is 0.423. The van der Waals surface area contributed by atoms with Gasteiger partial charge in [0.05, 0.1) is 6.10 Å². The zero-order valence-corrected chi connectivity index (χ0v) is 6.77. The van der Waals surface area contributed by atoms with Gasteiger partial charge in [0, 0.05) is 6.61 Å². The third kappa shape index (κ3) is 2.10. The highest BCUT2D eigenvalue weighted by atomic mass is 19.4. The molecule has 0 aromatic carbocycles. The van der Waals surface area contributed by atoms with E-state index in [9.17, 15) is 13.2 Å². The van der Waals surface area contributed by atoms with Crippen LogP contribution in [-0.4, -0.2) is 32.0 Å². The third-order valence-corrected chi connectivity index (χ3v) is 1.93. The van der Waals surface area contributed by atoms with Gasteiger partial charge in [-0.3, -0.25) is 0 Å². The highest BCUT2D eigenvalue weighted by Gasteiger charge is 2.39. The van der Waals surface area contributed by atoms with Crippen molar-refractivity contribution >= 4 is 0 Å². The predicted molar refractivity (Wildman–Crippen MR) is 38.1 cm³/mol. The highest BCUT2D eigenvalue weighted by Crippen LogP contribution is 2.32. The number of rotatable bonds is 2. The molecule has 0 radical (unpaired) electrons. The molecule has 1 heterocycles. The molecule has 1 rings (SSSR count). The van der Waals surface area contributed by atoms with Gasteiger partial charge in [-0.05, 0) is 18.9 Å². The minimum Gasteiger partial charge on any atom is -0.653 e. The first-order valence-corrected chi connectivity index (χ1v) is 3.83. The maximum Gasteiger partial charge on any atom is 0.376 e. The molecule has 12 heavy (non-hydrogen) atoms. The van der Waals surface area contributed by atoms with Crippen molar-refractivity contribution in [1.82, 2.24) is 0 Å². The molecular weight excluding hydrogens is 171 g/mol. The van der Waals surface area contributed by atoms with Crippen LogP contribution in [0.2, 0.25) is 0 Å². The standard InChI is InChI=1S/C7H11F3NO/c1-11-6(7(8,9)10)5-3-2-4-12-5/h5-6H,2-4H2,1H3/q-1. The van der Waals surface area contributed by atoms with Crippen molar-refractivity contribution in [2.24, 2.45) is 0 Å². The van der Waals surface area contributed by atoms with E-state index in [1.165, 1.54) is 7.05 Å². The van der Waals surface area contributed by atoms with Crippen LogP contribution in [0.4, 0.5) is 13.2 Å². The molecule has 5 heteroatoms. The van der Waals surface area contributed by atoms with Crippen LogP contribution in [0.5, 0.6) is 0 Å². The van der Waals surface area contributed by atoms with E-state index in [2.05, 4.69) is 5.32 Å². The summed E-state index contributed by atoms with van der Waals surface area (Å²) in [6.45, 7) is 0.423. The van der Waals surface area contributed by atoms with E-state index in [1.807, 2.05) is 0 Å². The van der Waals surface area contributed by atoms with Gasteiger partial charge < -0.3 is 10.1 Å². The number of hydrogen-bond donors (Lipinski definition) is 0. The van der Waals surface area contributed by atoms with Gasteiger partial charge in [-0.25, -0.2) is 0 Å². The summed E-state index contributed by atoms with van der Waals surface area (Å²) in [6, 6.07) is -1.64. The van der Waals surface area contributed by atoms with Crippen molar-refractivity contribution in [3.05, 3.63) is 5.32 Å². The molecule has 0 spiro atoms. The molecule has 1 aliphatic rings. The van der Waals surface area contributed by atoms with E-state index in [0.29, 0.717) is 19.4 Å². The van der Waals surface area contributed by atoms with Crippen LogP contribution in [-0.2, 0) is 4.74 Å². The number of nitrogens with zero attached hydrogens (tertiary/aromatic N) is 1. The number of alkyl halides is 3. The van der Waals surface area contributed by atoms with E-state index >= 15 is 0 Å². The maximum atomic E-state index is 12.2. The van der Waals surface area contributed by atoms with Crippen molar-refractivity contribution in [1.29, 1.82) is 0 Å². The topological polar surface area (TPSA) is 23.3 Å². The zero-order valence-electron chi connectivity index (χ0n) is 6.77. The van der Waals surface area contributed by atoms with Gasteiger partial charge in [-0.2, -0.15) is 20.2 Å². The van der Waals surface area contributed by atoms with Crippen molar-refractivity contribution in [3.8, 4) is 0 Å². The van der Waals surface area contributed by atoms with Gasteiger partial charge in [0.1, 0.15) is 0 Å². The molecular formula is C7H11F3NO-. The predicted octanol–water partition coefficient (Wildman–Crippen LogP) is 2.10. The van der Waals surface area contributed by atoms with Gasteiger partial charge in [0.15, 0.2) is 0 Å². The van der Waals surface area contributed by atoms with E-state index in [1.54, 1.807) is 0 Å². The van der Waals surface area contributed by atoms with E-state index in [0.717, 1.165) is 0 Å². The van der Waals surface area contributed by atoms with E-state index in [-0.39, 0.29) is 0 Å². The van der Waals surface area contributed by atoms with Gasteiger partial charge in [0.25, 0.3) is 0 Å². The van der Waals surface area contributed by atoms with Crippen molar-refractivity contribution < 1.29 is 17.9 Å². The first-order chi connectivity index (χ1) is 5.55. The summed E-state index contributed by atoms with van der Waals surface area (Å²) in [4.78, 5) is 0. The number of halogens is 3. The molecule has 0 aromatic heterocycles. The van der Waals surface area contributed by atoms with Gasteiger partial charge in [0.2, 0.25) is 0 Å². The Labute approximate surface area is 69.1 Å². The average Bonchev–Trinajstić information content (AvgIpc) is 2.38. The molecule has 0 N–H and O–H groups in total. The first kappa shape index (κ1) is 9.80. The Kier molecular flexibility index (Phi) is 2.95. The molecule has 2 atom stereocenters. The Hall–Kier alpha value is -0.290. The summed E-state index contributed by atoms with van der Waals surface area (Å²) in [7, 11) is 1.18. The highest BCUT2D eigenvalue weighted by molar-refractivity contribution is 4.99. The summed E-state index contributed by atoms with van der Waals surface area (Å²) >= 11 is 0. The van der Waals surface area contributed by atoms with Crippen molar-refractivity contribution in [3.63, 3.8) is 0 Å². The number of ether oxygens (including phenoxy) is 1. The number of hydrogen-bond acceptors (Lipinski definition) is 1. The Morgan fingerprint density at radius 3 is 2.50 bits per heavy atom. The Morgan fingerprint density at radius 2 is 2.17 bits per heavy atom. The monoisotopic (exact) mass is 182 g/mol. The van der Waals surface area contributed by atoms with Gasteiger partial charge >= 0.3 is 6.18 Å². The fourth-order valence-electron chi connectivity index (χ4n) is 1.38. The summed E-state index contributed by atoms with van der Waals surface area (Å²) < 4.78 is 41.5. The van der Waals surface area contributed by atoms with E-state index in [4.69, 9.17) is 4.74 Å². The lowest BCUT2D eigenvalue weighted by atomic mass is 10.1. The van der Waals surface area contributed by atoms with E-state index < -0.39 is 18.3 Å². The van der Waals surface area contributed by atoms with Crippen molar-refractivity contribution in [2.75, 3.05) is 13.7 Å². The zero-order chi connectivity index (χ0) is 9.19. The minimum atomic E-state index is -4.26. The summed E-state index contributed by atoms with van der Waals surface area (Å²) in [6.07, 6.45) is -3.85. The van der Waals surface area contributed by atoms with Gasteiger partial charge in [-0.15, -0.1) is 0 Å². The van der Waals surface area contributed by atoms with Crippen LogP contribution in [0.15, 0.2) is 0 Å². The fraction of sp³-hybridized carbons (Fsp3) is 1.00. The third-order valence-electron chi connectivity index (χ3n) is 1.93. The second-order valence-corrected chi connectivity index (χ2v) is 2.80.